The summed E-state index contributed by atoms with van der Waals surface area (Å²) in [4.78, 5) is 12.1. The number of hydrogen-bond donors (Lipinski definition) is 3. The third-order valence-corrected chi connectivity index (χ3v) is 5.07. The first-order valence-corrected chi connectivity index (χ1v) is 9.69. The van der Waals surface area contributed by atoms with Crippen LogP contribution in [0.3, 0.4) is 0 Å². The highest BCUT2D eigenvalue weighted by atomic mass is 35.5. The van der Waals surface area contributed by atoms with E-state index >= 15 is 0 Å². The van der Waals surface area contributed by atoms with E-state index in [0.717, 1.165) is 12.1 Å². The lowest BCUT2D eigenvalue weighted by Gasteiger charge is -2.23. The largest absolute Gasteiger partial charge is 0.366 e. The van der Waals surface area contributed by atoms with Gasteiger partial charge >= 0.3 is 0 Å². The van der Waals surface area contributed by atoms with Crippen LogP contribution in [-0.2, 0) is 31.9 Å². The van der Waals surface area contributed by atoms with E-state index in [9.17, 15) is 13.2 Å². The smallest absolute Gasteiger partial charge is 0.250 e. The molecule has 0 bridgehead atoms. The van der Waals surface area contributed by atoms with Gasteiger partial charge in [-0.1, -0.05) is 24.3 Å². The van der Waals surface area contributed by atoms with Crippen LogP contribution in [0.4, 0.5) is 0 Å². The van der Waals surface area contributed by atoms with Gasteiger partial charge in [0.15, 0.2) is 0 Å². The molecule has 1 aliphatic rings. The second-order valence-corrected chi connectivity index (χ2v) is 7.84. The average molecular weight is 392 g/mol. The summed E-state index contributed by atoms with van der Waals surface area (Å²) in [5.41, 5.74) is 1.46. The lowest BCUT2D eigenvalue weighted by atomic mass is 10.1. The predicted octanol–water partition coefficient (Wildman–Crippen LogP) is 0.541. The molecular formula is C16H26ClN3O4S. The van der Waals surface area contributed by atoms with E-state index in [-0.39, 0.29) is 36.7 Å². The van der Waals surface area contributed by atoms with Crippen molar-refractivity contribution in [3.05, 3.63) is 35.4 Å². The molecule has 1 saturated heterocycles. The lowest BCUT2D eigenvalue weighted by molar-refractivity contribution is -0.134. The van der Waals surface area contributed by atoms with Gasteiger partial charge < -0.3 is 15.4 Å². The van der Waals surface area contributed by atoms with E-state index in [0.29, 0.717) is 18.7 Å². The first-order chi connectivity index (χ1) is 11.4. The summed E-state index contributed by atoms with van der Waals surface area (Å²) in [6, 6.07) is 7.05. The maximum Gasteiger partial charge on any atom is 0.250 e. The average Bonchev–Trinajstić information content (AvgIpc) is 2.53. The minimum Gasteiger partial charge on any atom is -0.366 e. The topological polar surface area (TPSA) is 96.5 Å². The molecule has 1 fully saturated rings. The van der Waals surface area contributed by atoms with E-state index in [4.69, 9.17) is 4.74 Å². The number of amides is 1. The van der Waals surface area contributed by atoms with Crippen molar-refractivity contribution in [2.45, 2.75) is 38.3 Å². The predicted molar refractivity (Wildman–Crippen MR) is 99.0 cm³/mol. The van der Waals surface area contributed by atoms with Gasteiger partial charge in [-0.2, -0.15) is 0 Å². The molecule has 1 aromatic carbocycles. The van der Waals surface area contributed by atoms with Gasteiger partial charge in [0, 0.05) is 25.7 Å². The van der Waals surface area contributed by atoms with Gasteiger partial charge in [-0.05, 0) is 25.0 Å². The summed E-state index contributed by atoms with van der Waals surface area (Å²) < 4.78 is 32.2. The zero-order valence-electron chi connectivity index (χ0n) is 14.4. The Morgan fingerprint density at radius 2 is 2.00 bits per heavy atom. The first-order valence-electron chi connectivity index (χ1n) is 8.04. The Balaban J connectivity index is 0.00000312. The first kappa shape index (κ1) is 21.9. The molecule has 1 aliphatic heterocycles. The van der Waals surface area contributed by atoms with Crippen molar-refractivity contribution in [3.63, 3.8) is 0 Å². The summed E-state index contributed by atoms with van der Waals surface area (Å²) in [6.07, 6.45) is -0.503. The molecule has 1 unspecified atom stereocenters. The number of carbonyl (C=O) groups is 1. The van der Waals surface area contributed by atoms with Crippen molar-refractivity contribution in [1.82, 2.24) is 15.4 Å². The van der Waals surface area contributed by atoms with Crippen molar-refractivity contribution in [3.8, 4) is 0 Å². The molecule has 0 aliphatic carbocycles. The maximum atomic E-state index is 12.1. The van der Waals surface area contributed by atoms with E-state index in [1.807, 2.05) is 12.1 Å². The van der Waals surface area contributed by atoms with Crippen molar-refractivity contribution in [1.29, 1.82) is 0 Å². The fraction of sp³-hybridized carbons (Fsp3) is 0.562. The van der Waals surface area contributed by atoms with Gasteiger partial charge in [0.2, 0.25) is 10.0 Å². The Bertz CT molecular complexity index is 661. The molecule has 142 valence electrons. The molecule has 1 amide bonds. The highest BCUT2D eigenvalue weighted by Gasteiger charge is 2.22. The van der Waals surface area contributed by atoms with Crippen molar-refractivity contribution >= 4 is 28.3 Å². The third-order valence-electron chi connectivity index (χ3n) is 3.55. The van der Waals surface area contributed by atoms with Crippen LogP contribution in [0.25, 0.3) is 0 Å². The monoisotopic (exact) mass is 391 g/mol. The Kier molecular flexibility index (Phi) is 8.81. The fourth-order valence-electron chi connectivity index (χ4n) is 2.51. The SMILES string of the molecule is CC(C)NS(=O)(=O)Cc1ccccc1CNC(=O)C1CNCCO1.Cl. The molecule has 7 nitrogen and oxygen atoms in total. The molecule has 0 radical (unpaired) electrons. The summed E-state index contributed by atoms with van der Waals surface area (Å²) in [5, 5.41) is 5.92. The van der Waals surface area contributed by atoms with Crippen LogP contribution in [0, 0.1) is 0 Å². The van der Waals surface area contributed by atoms with Gasteiger partial charge in [-0.25, -0.2) is 13.1 Å². The third kappa shape index (κ3) is 7.29. The van der Waals surface area contributed by atoms with E-state index in [2.05, 4.69) is 15.4 Å². The summed E-state index contributed by atoms with van der Waals surface area (Å²) in [6.45, 7) is 5.57. The molecule has 1 aromatic rings. The number of ether oxygens (including phenoxy) is 1. The Morgan fingerprint density at radius 1 is 1.32 bits per heavy atom. The van der Waals surface area contributed by atoms with E-state index in [1.54, 1.807) is 26.0 Å². The van der Waals surface area contributed by atoms with Crippen molar-refractivity contribution in [2.75, 3.05) is 19.7 Å². The second-order valence-electron chi connectivity index (χ2n) is 6.08. The summed E-state index contributed by atoms with van der Waals surface area (Å²) in [5.74, 6) is -0.307. The quantitative estimate of drug-likeness (QED) is 0.630. The molecular weight excluding hydrogens is 366 g/mol. The standard InChI is InChI=1S/C16H25N3O4S.ClH/c1-12(2)19-24(21,22)11-14-6-4-3-5-13(14)9-18-16(20)15-10-17-7-8-23-15;/h3-6,12,15,17,19H,7-11H2,1-2H3,(H,18,20);1H. The minimum absolute atomic E-state index is 0. The van der Waals surface area contributed by atoms with Crippen LogP contribution in [0.15, 0.2) is 24.3 Å². The lowest BCUT2D eigenvalue weighted by Crippen LogP contribution is -2.47. The molecule has 0 aromatic heterocycles. The number of morpholine rings is 1. The van der Waals surface area contributed by atoms with E-state index in [1.165, 1.54) is 0 Å². The molecule has 3 N–H and O–H groups in total. The van der Waals surface area contributed by atoms with Crippen molar-refractivity contribution < 1.29 is 17.9 Å². The number of benzene rings is 1. The fourth-order valence-corrected chi connectivity index (χ4v) is 4.00. The zero-order valence-corrected chi connectivity index (χ0v) is 16.1. The molecule has 9 heteroatoms. The normalized spacial score (nSPS) is 17.8. The molecule has 25 heavy (non-hydrogen) atoms. The Hall–Kier alpha value is -1.19. The van der Waals surface area contributed by atoms with Gasteiger partial charge in [0.1, 0.15) is 6.10 Å². The van der Waals surface area contributed by atoms with Crippen LogP contribution in [-0.4, -0.2) is 46.2 Å². The van der Waals surface area contributed by atoms with Gasteiger partial charge in [0.25, 0.3) is 5.91 Å². The molecule has 0 saturated carbocycles. The van der Waals surface area contributed by atoms with Crippen LogP contribution in [0.2, 0.25) is 0 Å². The number of rotatable bonds is 7. The summed E-state index contributed by atoms with van der Waals surface area (Å²) >= 11 is 0. The van der Waals surface area contributed by atoms with Crippen LogP contribution in [0.1, 0.15) is 25.0 Å². The molecule has 2 rings (SSSR count). The van der Waals surface area contributed by atoms with Gasteiger partial charge in [0.05, 0.1) is 12.4 Å². The maximum absolute atomic E-state index is 12.1. The Labute approximate surface area is 155 Å². The zero-order chi connectivity index (χ0) is 17.6. The van der Waals surface area contributed by atoms with Crippen molar-refractivity contribution in [2.24, 2.45) is 0 Å². The number of hydrogen-bond acceptors (Lipinski definition) is 5. The number of sulfonamides is 1. The van der Waals surface area contributed by atoms with Crippen LogP contribution >= 0.6 is 12.4 Å². The minimum atomic E-state index is -3.41. The Morgan fingerprint density at radius 3 is 2.60 bits per heavy atom. The number of nitrogens with one attached hydrogen (secondary N) is 3. The molecule has 0 spiro atoms. The van der Waals surface area contributed by atoms with Crippen LogP contribution in [0.5, 0.6) is 0 Å². The molecule has 1 heterocycles. The van der Waals surface area contributed by atoms with Crippen LogP contribution < -0.4 is 15.4 Å². The second kappa shape index (κ2) is 10.1. The number of halogens is 1. The highest BCUT2D eigenvalue weighted by Crippen LogP contribution is 2.12. The molecule has 1 atom stereocenters. The number of carbonyl (C=O) groups excluding carboxylic acids is 1. The van der Waals surface area contributed by atoms with Gasteiger partial charge in [-0.3, -0.25) is 4.79 Å². The van der Waals surface area contributed by atoms with Gasteiger partial charge in [-0.15, -0.1) is 12.4 Å². The summed E-state index contributed by atoms with van der Waals surface area (Å²) in [7, 11) is -3.41. The highest BCUT2D eigenvalue weighted by molar-refractivity contribution is 7.88. The van der Waals surface area contributed by atoms with E-state index < -0.39 is 16.1 Å².